The highest BCUT2D eigenvalue weighted by Gasteiger charge is 2.53. The Bertz CT molecular complexity index is 1490. The Kier molecular flexibility index (Phi) is 6.24. The summed E-state index contributed by atoms with van der Waals surface area (Å²) in [6.45, 7) is 2.90. The standard InChI is InChI=1S/C31H36F2N4O4/c1-2-36-18-24(40-28(36)39)22-4-3-5-23(15-22)37(25(38)14-20-16-31(32,33)17-20)19-29-8-11-30(12-9-29,13-10-29)27-34-26(35-41-27)21-6-7-21/h3-5,15,18,20-21H,2,6-14,16-17,19H2,1H3. The van der Waals surface area contributed by atoms with Crippen LogP contribution in [0.15, 0.2) is 44.2 Å². The van der Waals surface area contributed by atoms with E-state index in [4.69, 9.17) is 13.9 Å². The van der Waals surface area contributed by atoms with Crippen molar-refractivity contribution in [2.24, 2.45) is 11.3 Å². The summed E-state index contributed by atoms with van der Waals surface area (Å²) < 4.78 is 40.0. The predicted octanol–water partition coefficient (Wildman–Crippen LogP) is 6.45. The van der Waals surface area contributed by atoms with Crippen LogP contribution in [0.3, 0.4) is 0 Å². The highest BCUT2D eigenvalue weighted by atomic mass is 19.3. The summed E-state index contributed by atoms with van der Waals surface area (Å²) in [6, 6.07) is 7.46. The number of nitrogens with zero attached hydrogens (tertiary/aromatic N) is 4. The van der Waals surface area contributed by atoms with Crippen molar-refractivity contribution in [1.82, 2.24) is 14.7 Å². The third-order valence-electron chi connectivity index (χ3n) is 10.2. The molecule has 0 unspecified atom stereocenters. The monoisotopic (exact) mass is 566 g/mol. The van der Waals surface area contributed by atoms with Crippen LogP contribution >= 0.6 is 0 Å². The maximum atomic E-state index is 13.8. The van der Waals surface area contributed by atoms with E-state index in [0.29, 0.717) is 36.0 Å². The maximum Gasteiger partial charge on any atom is 0.419 e. The van der Waals surface area contributed by atoms with Gasteiger partial charge in [-0.15, -0.1) is 0 Å². The van der Waals surface area contributed by atoms with E-state index >= 15 is 0 Å². The third-order valence-corrected chi connectivity index (χ3v) is 10.2. The van der Waals surface area contributed by atoms with Crippen molar-refractivity contribution in [3.05, 3.63) is 52.7 Å². The summed E-state index contributed by atoms with van der Waals surface area (Å²) in [5.74, 6) is -1.01. The van der Waals surface area contributed by atoms with Crippen LogP contribution in [0.1, 0.15) is 95.2 Å². The fourth-order valence-corrected chi connectivity index (χ4v) is 7.28. The predicted molar refractivity (Wildman–Crippen MR) is 147 cm³/mol. The van der Waals surface area contributed by atoms with Crippen LogP contribution in [0.2, 0.25) is 0 Å². The summed E-state index contributed by atoms with van der Waals surface area (Å²) in [5, 5.41) is 4.27. The molecule has 5 aliphatic carbocycles. The molecule has 41 heavy (non-hydrogen) atoms. The molecular formula is C31H36F2N4O4. The van der Waals surface area contributed by atoms with Crippen LogP contribution < -0.4 is 10.7 Å². The van der Waals surface area contributed by atoms with Gasteiger partial charge < -0.3 is 13.8 Å². The molecule has 8 rings (SSSR count). The second kappa shape index (κ2) is 9.63. The number of hydrogen-bond donors (Lipinski definition) is 0. The van der Waals surface area contributed by atoms with Gasteiger partial charge in [-0.2, -0.15) is 4.98 Å². The summed E-state index contributed by atoms with van der Waals surface area (Å²) in [5.41, 5.74) is 1.26. The summed E-state index contributed by atoms with van der Waals surface area (Å²) in [4.78, 5) is 32.5. The number of halogens is 2. The molecule has 2 bridgehead atoms. The van der Waals surface area contributed by atoms with Gasteiger partial charge in [-0.3, -0.25) is 9.36 Å². The highest BCUT2D eigenvalue weighted by molar-refractivity contribution is 5.94. The quantitative estimate of drug-likeness (QED) is 0.296. The maximum absolute atomic E-state index is 13.8. The Labute approximate surface area is 237 Å². The Morgan fingerprint density at radius 2 is 1.85 bits per heavy atom. The van der Waals surface area contributed by atoms with Crippen molar-refractivity contribution in [2.75, 3.05) is 11.4 Å². The van der Waals surface area contributed by atoms with Gasteiger partial charge in [-0.1, -0.05) is 17.3 Å². The van der Waals surface area contributed by atoms with Gasteiger partial charge in [0.1, 0.15) is 0 Å². The molecule has 8 nitrogen and oxygen atoms in total. The number of fused-ring (bicyclic) bond motifs is 3. The zero-order chi connectivity index (χ0) is 28.4. The number of alkyl halides is 2. The van der Waals surface area contributed by atoms with E-state index in [2.05, 4.69) is 5.16 Å². The summed E-state index contributed by atoms with van der Waals surface area (Å²) >= 11 is 0. The molecule has 0 aliphatic heterocycles. The third kappa shape index (κ3) is 4.93. The number of hydrogen-bond acceptors (Lipinski definition) is 6. The molecule has 10 heteroatoms. The first-order valence-electron chi connectivity index (χ1n) is 15.0. The molecule has 1 amide bonds. The average Bonchev–Trinajstić information content (AvgIpc) is 3.55. The zero-order valence-corrected chi connectivity index (χ0v) is 23.4. The van der Waals surface area contributed by atoms with Gasteiger partial charge in [0, 0.05) is 54.9 Å². The van der Waals surface area contributed by atoms with Crippen LogP contribution in [0.5, 0.6) is 0 Å². The van der Waals surface area contributed by atoms with E-state index in [1.807, 2.05) is 36.1 Å². The number of oxazole rings is 1. The van der Waals surface area contributed by atoms with Gasteiger partial charge in [0.25, 0.3) is 0 Å². The lowest BCUT2D eigenvalue weighted by Gasteiger charge is -2.53. The highest BCUT2D eigenvalue weighted by Crippen LogP contribution is 2.58. The number of aryl methyl sites for hydroxylation is 1. The number of aromatic nitrogens is 3. The van der Waals surface area contributed by atoms with Crippen molar-refractivity contribution in [3.8, 4) is 11.3 Å². The van der Waals surface area contributed by atoms with E-state index in [1.54, 1.807) is 6.20 Å². The fourth-order valence-electron chi connectivity index (χ4n) is 7.28. The molecule has 0 saturated heterocycles. The lowest BCUT2D eigenvalue weighted by molar-refractivity contribution is -0.132. The second-order valence-corrected chi connectivity index (χ2v) is 13.0. The SMILES string of the molecule is CCn1cc(-c2cccc(N(CC34CCC(c5nc(C6CC6)no5)(CC3)CC4)C(=O)CC3CC(F)(F)C3)c2)oc1=O. The van der Waals surface area contributed by atoms with Gasteiger partial charge >= 0.3 is 5.76 Å². The minimum absolute atomic E-state index is 0.0611. The van der Waals surface area contributed by atoms with Gasteiger partial charge in [-0.05, 0) is 81.8 Å². The van der Waals surface area contributed by atoms with Crippen molar-refractivity contribution >= 4 is 11.6 Å². The van der Waals surface area contributed by atoms with Crippen molar-refractivity contribution < 1.29 is 22.5 Å². The van der Waals surface area contributed by atoms with E-state index in [1.165, 1.54) is 4.57 Å². The largest absolute Gasteiger partial charge is 0.419 e. The molecule has 2 heterocycles. The molecule has 1 aromatic carbocycles. The van der Waals surface area contributed by atoms with Crippen LogP contribution in [-0.2, 0) is 16.8 Å². The first-order valence-corrected chi connectivity index (χ1v) is 15.0. The molecule has 0 spiro atoms. The van der Waals surface area contributed by atoms with Crippen LogP contribution in [-0.4, -0.2) is 33.1 Å². The molecule has 218 valence electrons. The smallest absolute Gasteiger partial charge is 0.408 e. The number of carbonyl (C=O) groups excluding carboxylic acids is 1. The van der Waals surface area contributed by atoms with Gasteiger partial charge in [0.05, 0.1) is 6.20 Å². The van der Waals surface area contributed by atoms with Gasteiger partial charge in [0.15, 0.2) is 11.6 Å². The molecule has 3 aromatic rings. The first-order chi connectivity index (χ1) is 19.7. The van der Waals surface area contributed by atoms with Crippen molar-refractivity contribution in [2.45, 2.75) is 101 Å². The number of amides is 1. The van der Waals surface area contributed by atoms with Crippen LogP contribution in [0.25, 0.3) is 11.3 Å². The average molecular weight is 567 g/mol. The van der Waals surface area contributed by atoms with Crippen molar-refractivity contribution in [1.29, 1.82) is 0 Å². The molecule has 5 aliphatic rings. The Balaban J connectivity index is 1.13. The van der Waals surface area contributed by atoms with Crippen LogP contribution in [0, 0.1) is 11.3 Å². The fraction of sp³-hybridized carbons (Fsp3) is 0.613. The number of carbonyl (C=O) groups is 1. The molecule has 2 aromatic heterocycles. The Morgan fingerprint density at radius 3 is 2.49 bits per heavy atom. The van der Waals surface area contributed by atoms with Crippen molar-refractivity contribution in [3.63, 3.8) is 0 Å². The Hall–Kier alpha value is -3.30. The van der Waals surface area contributed by atoms with E-state index in [-0.39, 0.29) is 41.9 Å². The van der Waals surface area contributed by atoms with E-state index < -0.39 is 11.7 Å². The minimum Gasteiger partial charge on any atom is -0.408 e. The first kappa shape index (κ1) is 26.6. The van der Waals surface area contributed by atoms with Gasteiger partial charge in [0.2, 0.25) is 17.7 Å². The zero-order valence-electron chi connectivity index (χ0n) is 23.4. The van der Waals surface area contributed by atoms with Gasteiger partial charge in [-0.25, -0.2) is 13.6 Å². The number of anilines is 1. The molecular weight excluding hydrogens is 530 g/mol. The summed E-state index contributed by atoms with van der Waals surface area (Å²) in [7, 11) is 0. The number of benzene rings is 1. The molecule has 0 N–H and O–H groups in total. The van der Waals surface area contributed by atoms with E-state index in [9.17, 15) is 18.4 Å². The molecule has 0 atom stereocenters. The second-order valence-electron chi connectivity index (χ2n) is 13.0. The van der Waals surface area contributed by atoms with E-state index in [0.717, 1.165) is 63.1 Å². The summed E-state index contributed by atoms with van der Waals surface area (Å²) in [6.07, 6.45) is 9.21. The van der Waals surface area contributed by atoms with Crippen LogP contribution in [0.4, 0.5) is 14.5 Å². The normalized spacial score (nSPS) is 27.1. The topological polar surface area (TPSA) is 94.4 Å². The lowest BCUT2D eigenvalue weighted by atomic mass is 9.53. The molecule has 0 radical (unpaired) electrons. The Morgan fingerprint density at radius 1 is 1.12 bits per heavy atom. The lowest BCUT2D eigenvalue weighted by Crippen LogP contribution is -2.51. The number of rotatable bonds is 9. The minimum atomic E-state index is -2.66. The molecule has 5 fully saturated rings. The molecule has 5 saturated carbocycles.